The van der Waals surface area contributed by atoms with Crippen LogP contribution in [0.25, 0.3) is 0 Å². The number of halogens is 1. The van der Waals surface area contributed by atoms with Crippen molar-refractivity contribution in [3.05, 3.63) is 30.1 Å². The summed E-state index contributed by atoms with van der Waals surface area (Å²) in [5.41, 5.74) is 0. The number of hydrogen-bond acceptors (Lipinski definition) is 3. The number of nitrogens with one attached hydrogen (secondary N) is 1. The molecule has 0 saturated carbocycles. The van der Waals surface area contributed by atoms with Gasteiger partial charge in [-0.1, -0.05) is 6.07 Å². The molecule has 0 bridgehead atoms. The van der Waals surface area contributed by atoms with Crippen LogP contribution in [0.1, 0.15) is 26.2 Å². The summed E-state index contributed by atoms with van der Waals surface area (Å²) in [6.07, 6.45) is 1.77. The third-order valence-electron chi connectivity index (χ3n) is 3.70. The zero-order valence-corrected chi connectivity index (χ0v) is 12.7. The minimum absolute atomic E-state index is 0.0771. The minimum atomic E-state index is -0.362. The highest BCUT2D eigenvalue weighted by Crippen LogP contribution is 2.13. The van der Waals surface area contributed by atoms with Crippen LogP contribution in [-0.4, -0.2) is 42.5 Å². The first-order valence-electron chi connectivity index (χ1n) is 7.48. The highest BCUT2D eigenvalue weighted by atomic mass is 19.1. The molecule has 1 fully saturated rings. The SMILES string of the molecule is CC(=O)N1CCC(NC(=O)CCOc2cccc(F)c2)CC1. The van der Waals surface area contributed by atoms with E-state index in [0.717, 1.165) is 12.8 Å². The molecule has 1 N–H and O–H groups in total. The third kappa shape index (κ3) is 5.02. The molecule has 0 spiro atoms. The maximum atomic E-state index is 13.0. The average molecular weight is 308 g/mol. The van der Waals surface area contributed by atoms with E-state index in [0.29, 0.717) is 18.8 Å². The van der Waals surface area contributed by atoms with E-state index in [4.69, 9.17) is 4.74 Å². The van der Waals surface area contributed by atoms with Crippen LogP contribution in [0.2, 0.25) is 0 Å². The van der Waals surface area contributed by atoms with Gasteiger partial charge in [-0.2, -0.15) is 0 Å². The molecular formula is C16H21FN2O3. The second-order valence-electron chi connectivity index (χ2n) is 5.40. The van der Waals surface area contributed by atoms with E-state index >= 15 is 0 Å². The number of hydrogen-bond donors (Lipinski definition) is 1. The number of rotatable bonds is 5. The van der Waals surface area contributed by atoms with Crippen LogP contribution in [-0.2, 0) is 9.59 Å². The second kappa shape index (κ2) is 7.77. The maximum Gasteiger partial charge on any atom is 0.223 e. The highest BCUT2D eigenvalue weighted by molar-refractivity contribution is 5.76. The number of likely N-dealkylation sites (tertiary alicyclic amines) is 1. The molecule has 0 radical (unpaired) electrons. The smallest absolute Gasteiger partial charge is 0.223 e. The van der Waals surface area contributed by atoms with Gasteiger partial charge >= 0.3 is 0 Å². The highest BCUT2D eigenvalue weighted by Gasteiger charge is 2.21. The fourth-order valence-corrected chi connectivity index (χ4v) is 2.46. The molecule has 0 unspecified atom stereocenters. The molecule has 1 heterocycles. The van der Waals surface area contributed by atoms with E-state index in [1.54, 1.807) is 24.0 Å². The van der Waals surface area contributed by atoms with Crippen molar-refractivity contribution in [3.8, 4) is 5.75 Å². The van der Waals surface area contributed by atoms with Gasteiger partial charge in [0.1, 0.15) is 11.6 Å². The van der Waals surface area contributed by atoms with Crippen LogP contribution in [0.3, 0.4) is 0 Å². The predicted octanol–water partition coefficient (Wildman–Crippen LogP) is 1.72. The first-order chi connectivity index (χ1) is 10.5. The lowest BCUT2D eigenvalue weighted by atomic mass is 10.0. The van der Waals surface area contributed by atoms with Crippen molar-refractivity contribution in [2.24, 2.45) is 0 Å². The normalized spacial score (nSPS) is 15.5. The Balaban J connectivity index is 1.65. The Morgan fingerprint density at radius 3 is 2.73 bits per heavy atom. The summed E-state index contributed by atoms with van der Waals surface area (Å²) in [5.74, 6) is 0.0488. The molecule has 120 valence electrons. The van der Waals surface area contributed by atoms with Gasteiger partial charge in [0.05, 0.1) is 13.0 Å². The molecule has 1 aliphatic rings. The van der Waals surface area contributed by atoms with Crippen LogP contribution >= 0.6 is 0 Å². The molecule has 22 heavy (non-hydrogen) atoms. The van der Waals surface area contributed by atoms with Gasteiger partial charge < -0.3 is 15.0 Å². The zero-order chi connectivity index (χ0) is 15.9. The Morgan fingerprint density at radius 2 is 2.09 bits per heavy atom. The Labute approximate surface area is 129 Å². The number of nitrogens with zero attached hydrogens (tertiary/aromatic N) is 1. The summed E-state index contributed by atoms with van der Waals surface area (Å²) >= 11 is 0. The van der Waals surface area contributed by atoms with E-state index < -0.39 is 0 Å². The number of carbonyl (C=O) groups is 2. The molecule has 2 rings (SSSR count). The quantitative estimate of drug-likeness (QED) is 0.901. The lowest BCUT2D eigenvalue weighted by Crippen LogP contribution is -2.46. The second-order valence-corrected chi connectivity index (χ2v) is 5.40. The first kappa shape index (κ1) is 16.3. The van der Waals surface area contributed by atoms with Crippen molar-refractivity contribution >= 4 is 11.8 Å². The fraction of sp³-hybridized carbons (Fsp3) is 0.500. The van der Waals surface area contributed by atoms with Crippen LogP contribution in [0.15, 0.2) is 24.3 Å². The summed E-state index contributed by atoms with van der Waals surface area (Å²) in [7, 11) is 0. The summed E-state index contributed by atoms with van der Waals surface area (Å²) in [6, 6.07) is 5.95. The molecule has 1 aromatic carbocycles. The van der Waals surface area contributed by atoms with Gasteiger partial charge in [0.2, 0.25) is 11.8 Å². The summed E-state index contributed by atoms with van der Waals surface area (Å²) in [4.78, 5) is 24.8. The zero-order valence-electron chi connectivity index (χ0n) is 12.7. The number of ether oxygens (including phenoxy) is 1. The number of amides is 2. The summed E-state index contributed by atoms with van der Waals surface area (Å²) in [6.45, 7) is 3.13. The number of carbonyl (C=O) groups excluding carboxylic acids is 2. The summed E-state index contributed by atoms with van der Waals surface area (Å²) < 4.78 is 18.3. The van der Waals surface area contributed by atoms with Gasteiger partial charge in [-0.05, 0) is 25.0 Å². The molecule has 5 nitrogen and oxygen atoms in total. The topological polar surface area (TPSA) is 58.6 Å². The van der Waals surface area contributed by atoms with E-state index in [2.05, 4.69) is 5.32 Å². The van der Waals surface area contributed by atoms with Crippen molar-refractivity contribution < 1.29 is 18.7 Å². The van der Waals surface area contributed by atoms with Crippen molar-refractivity contribution in [3.63, 3.8) is 0 Å². The summed E-state index contributed by atoms with van der Waals surface area (Å²) in [5, 5.41) is 2.95. The largest absolute Gasteiger partial charge is 0.493 e. The minimum Gasteiger partial charge on any atom is -0.493 e. The van der Waals surface area contributed by atoms with Crippen LogP contribution in [0, 0.1) is 5.82 Å². The lowest BCUT2D eigenvalue weighted by molar-refractivity contribution is -0.130. The Morgan fingerprint density at radius 1 is 1.36 bits per heavy atom. The van der Waals surface area contributed by atoms with Gasteiger partial charge in [-0.3, -0.25) is 9.59 Å². The van der Waals surface area contributed by atoms with Crippen molar-refractivity contribution in [2.45, 2.75) is 32.2 Å². The lowest BCUT2D eigenvalue weighted by Gasteiger charge is -2.31. The standard InChI is InChI=1S/C16H21FN2O3/c1-12(20)19-8-5-14(6-9-19)18-16(21)7-10-22-15-4-2-3-13(17)11-15/h2-4,11,14H,5-10H2,1H3,(H,18,21). The fourth-order valence-electron chi connectivity index (χ4n) is 2.46. The predicted molar refractivity (Wildman–Crippen MR) is 79.9 cm³/mol. The Hall–Kier alpha value is -2.11. The van der Waals surface area contributed by atoms with E-state index in [1.165, 1.54) is 12.1 Å². The number of piperidine rings is 1. The molecule has 0 aliphatic carbocycles. The molecule has 1 aromatic rings. The maximum absolute atomic E-state index is 13.0. The number of benzene rings is 1. The van der Waals surface area contributed by atoms with Gasteiger partial charge in [0.15, 0.2) is 0 Å². The van der Waals surface area contributed by atoms with Crippen LogP contribution in [0.4, 0.5) is 4.39 Å². The molecule has 6 heteroatoms. The van der Waals surface area contributed by atoms with Gasteiger partial charge in [0.25, 0.3) is 0 Å². The molecule has 2 amide bonds. The van der Waals surface area contributed by atoms with Crippen LogP contribution < -0.4 is 10.1 Å². The average Bonchev–Trinajstić information content (AvgIpc) is 2.48. The Kier molecular flexibility index (Phi) is 5.75. The van der Waals surface area contributed by atoms with Gasteiger partial charge in [-0.25, -0.2) is 4.39 Å². The van der Waals surface area contributed by atoms with Crippen LogP contribution in [0.5, 0.6) is 5.75 Å². The monoisotopic (exact) mass is 308 g/mol. The van der Waals surface area contributed by atoms with Crippen molar-refractivity contribution in [2.75, 3.05) is 19.7 Å². The third-order valence-corrected chi connectivity index (χ3v) is 3.70. The van der Waals surface area contributed by atoms with E-state index in [9.17, 15) is 14.0 Å². The molecule has 0 atom stereocenters. The Bertz CT molecular complexity index is 528. The van der Waals surface area contributed by atoms with E-state index in [1.807, 2.05) is 0 Å². The molecule has 1 saturated heterocycles. The van der Waals surface area contributed by atoms with Gasteiger partial charge in [0, 0.05) is 32.1 Å². The first-order valence-corrected chi connectivity index (χ1v) is 7.48. The van der Waals surface area contributed by atoms with Gasteiger partial charge in [-0.15, -0.1) is 0 Å². The molecule has 1 aliphatic heterocycles. The van der Waals surface area contributed by atoms with E-state index in [-0.39, 0.29) is 36.7 Å². The van der Waals surface area contributed by atoms with Crippen molar-refractivity contribution in [1.82, 2.24) is 10.2 Å². The molecular weight excluding hydrogens is 287 g/mol. The van der Waals surface area contributed by atoms with Crippen molar-refractivity contribution in [1.29, 1.82) is 0 Å². The molecule has 0 aromatic heterocycles.